The lowest BCUT2D eigenvalue weighted by Crippen LogP contribution is -2.44. The van der Waals surface area contributed by atoms with E-state index in [2.05, 4.69) is 33.7 Å². The third-order valence-electron chi connectivity index (χ3n) is 6.79. The predicted octanol–water partition coefficient (Wildman–Crippen LogP) is 5.24. The smallest absolute Gasteiger partial charge is 0.229 e. The van der Waals surface area contributed by atoms with Gasteiger partial charge in [-0.1, -0.05) is 36.4 Å². The van der Waals surface area contributed by atoms with Gasteiger partial charge in [0.05, 0.1) is 12.4 Å². The SMILES string of the molecule is C=CCNc1nc(N2CCC(NC(c3ccc(F)cc3)c3ccc(F)cc3)CC2)nc2ncn(CC=C)c12. The lowest BCUT2D eigenvalue weighted by Gasteiger charge is -2.35. The van der Waals surface area contributed by atoms with Crippen LogP contribution in [0.25, 0.3) is 11.2 Å². The first-order valence-electron chi connectivity index (χ1n) is 12.8. The van der Waals surface area contributed by atoms with Crippen molar-refractivity contribution in [3.63, 3.8) is 0 Å². The first-order chi connectivity index (χ1) is 18.6. The molecule has 1 fully saturated rings. The summed E-state index contributed by atoms with van der Waals surface area (Å²) in [4.78, 5) is 16.3. The topological polar surface area (TPSA) is 70.9 Å². The Labute approximate surface area is 220 Å². The van der Waals surface area contributed by atoms with Gasteiger partial charge >= 0.3 is 0 Å². The Hall–Kier alpha value is -4.11. The number of anilines is 2. The maximum atomic E-state index is 13.6. The molecule has 0 unspecified atom stereocenters. The first kappa shape index (κ1) is 25.5. The quantitative estimate of drug-likeness (QED) is 0.282. The average molecular weight is 516 g/mol. The van der Waals surface area contributed by atoms with Gasteiger partial charge in [0.2, 0.25) is 5.95 Å². The number of hydrogen-bond donors (Lipinski definition) is 2. The Balaban J connectivity index is 1.33. The second kappa shape index (κ2) is 11.5. The summed E-state index contributed by atoms with van der Waals surface area (Å²) in [6, 6.07) is 13.0. The lowest BCUT2D eigenvalue weighted by atomic mass is 9.95. The van der Waals surface area contributed by atoms with Gasteiger partial charge in [0.15, 0.2) is 11.5 Å². The number of fused-ring (bicyclic) bond motifs is 1. The summed E-state index contributed by atoms with van der Waals surface area (Å²) < 4.78 is 29.2. The molecule has 1 saturated heterocycles. The molecule has 7 nitrogen and oxygen atoms in total. The number of rotatable bonds is 10. The van der Waals surface area contributed by atoms with E-state index in [0.29, 0.717) is 24.7 Å². The Morgan fingerprint density at radius 2 is 1.55 bits per heavy atom. The number of aromatic nitrogens is 4. The number of nitrogens with zero attached hydrogens (tertiary/aromatic N) is 5. The number of allylic oxidation sites excluding steroid dienone is 1. The Morgan fingerprint density at radius 3 is 2.13 bits per heavy atom. The van der Waals surface area contributed by atoms with Crippen molar-refractivity contribution in [3.05, 3.63) is 103 Å². The zero-order valence-electron chi connectivity index (χ0n) is 21.2. The number of benzene rings is 2. The fraction of sp³-hybridized carbons (Fsp3) is 0.276. The van der Waals surface area contributed by atoms with E-state index in [-0.39, 0.29) is 23.7 Å². The zero-order chi connectivity index (χ0) is 26.5. The van der Waals surface area contributed by atoms with Crippen LogP contribution in [-0.2, 0) is 6.54 Å². The molecule has 9 heteroatoms. The van der Waals surface area contributed by atoms with Gasteiger partial charge in [0.1, 0.15) is 17.2 Å². The summed E-state index contributed by atoms with van der Waals surface area (Å²) in [6.45, 7) is 10.3. The summed E-state index contributed by atoms with van der Waals surface area (Å²) in [6.07, 6.45) is 7.08. The number of imidazole rings is 1. The van der Waals surface area contributed by atoms with Crippen LogP contribution in [-0.4, -0.2) is 45.2 Å². The van der Waals surface area contributed by atoms with E-state index < -0.39 is 0 Å². The lowest BCUT2D eigenvalue weighted by molar-refractivity contribution is 0.388. The third kappa shape index (κ3) is 5.57. The molecule has 0 bridgehead atoms. The molecule has 2 N–H and O–H groups in total. The second-order valence-electron chi connectivity index (χ2n) is 9.36. The summed E-state index contributed by atoms with van der Waals surface area (Å²) in [5.41, 5.74) is 3.34. The highest BCUT2D eigenvalue weighted by molar-refractivity contribution is 5.84. The van der Waals surface area contributed by atoms with Crippen LogP contribution in [0.5, 0.6) is 0 Å². The first-order valence-corrected chi connectivity index (χ1v) is 12.8. The van der Waals surface area contributed by atoms with Gasteiger partial charge in [-0.25, -0.2) is 13.8 Å². The molecule has 0 amide bonds. The van der Waals surface area contributed by atoms with Crippen molar-refractivity contribution >= 4 is 22.9 Å². The minimum Gasteiger partial charge on any atom is -0.365 e. The molecule has 2 aromatic carbocycles. The molecule has 1 aliphatic heterocycles. The fourth-order valence-corrected chi connectivity index (χ4v) is 4.86. The van der Waals surface area contributed by atoms with Crippen molar-refractivity contribution < 1.29 is 8.78 Å². The Morgan fingerprint density at radius 1 is 0.921 bits per heavy atom. The van der Waals surface area contributed by atoms with Gasteiger partial charge in [0, 0.05) is 32.2 Å². The molecule has 5 rings (SSSR count). The van der Waals surface area contributed by atoms with E-state index in [1.807, 2.05) is 10.6 Å². The Bertz CT molecular complexity index is 1350. The molecule has 0 radical (unpaired) electrons. The molecule has 0 saturated carbocycles. The number of halogens is 2. The van der Waals surface area contributed by atoms with E-state index in [1.54, 1.807) is 36.7 Å². The highest BCUT2D eigenvalue weighted by atomic mass is 19.1. The summed E-state index contributed by atoms with van der Waals surface area (Å²) in [7, 11) is 0. The van der Waals surface area contributed by atoms with Crippen LogP contribution >= 0.6 is 0 Å². The molecule has 196 valence electrons. The summed E-state index contributed by atoms with van der Waals surface area (Å²) in [5, 5.41) is 7.05. The van der Waals surface area contributed by atoms with Crippen molar-refractivity contribution in [1.82, 2.24) is 24.8 Å². The molecule has 0 atom stereocenters. The standard InChI is InChI=1S/C29H31F2N7/c1-3-15-32-27-26-28(33-19-38(26)16-4-2)36-29(35-27)37-17-13-24(14-18-37)34-25(20-5-9-22(30)10-6-20)21-7-11-23(31)12-8-21/h3-12,19,24-25,34H,1-2,13-18H2,(H,32,35,36). The molecule has 1 aliphatic rings. The normalized spacial score (nSPS) is 14.2. The predicted molar refractivity (Wildman–Crippen MR) is 147 cm³/mol. The molecule has 38 heavy (non-hydrogen) atoms. The molecule has 3 heterocycles. The van der Waals surface area contributed by atoms with Gasteiger partial charge < -0.3 is 20.1 Å². The highest BCUT2D eigenvalue weighted by Crippen LogP contribution is 2.28. The molecule has 0 spiro atoms. The van der Waals surface area contributed by atoms with E-state index in [0.717, 1.165) is 48.4 Å². The molecule has 0 aliphatic carbocycles. The maximum absolute atomic E-state index is 13.6. The van der Waals surface area contributed by atoms with E-state index in [9.17, 15) is 8.78 Å². The minimum absolute atomic E-state index is 0.177. The molecular formula is C29H31F2N7. The zero-order valence-corrected chi connectivity index (χ0v) is 21.2. The summed E-state index contributed by atoms with van der Waals surface area (Å²) >= 11 is 0. The number of piperidine rings is 1. The van der Waals surface area contributed by atoms with Gasteiger partial charge in [-0.15, -0.1) is 13.2 Å². The molecular weight excluding hydrogens is 484 g/mol. The summed E-state index contributed by atoms with van der Waals surface area (Å²) in [5.74, 6) is 0.790. The largest absolute Gasteiger partial charge is 0.365 e. The maximum Gasteiger partial charge on any atom is 0.229 e. The van der Waals surface area contributed by atoms with Crippen molar-refractivity contribution in [2.24, 2.45) is 0 Å². The van der Waals surface area contributed by atoms with Gasteiger partial charge in [-0.3, -0.25) is 0 Å². The minimum atomic E-state index is -0.284. The van der Waals surface area contributed by atoms with Crippen LogP contribution in [0.1, 0.15) is 30.0 Å². The van der Waals surface area contributed by atoms with Gasteiger partial charge in [-0.05, 0) is 48.2 Å². The monoisotopic (exact) mass is 515 g/mol. The van der Waals surface area contributed by atoms with E-state index >= 15 is 0 Å². The van der Waals surface area contributed by atoms with Crippen LogP contribution in [0.4, 0.5) is 20.5 Å². The number of hydrogen-bond acceptors (Lipinski definition) is 6. The van der Waals surface area contributed by atoms with Crippen LogP contribution in [0.2, 0.25) is 0 Å². The van der Waals surface area contributed by atoms with E-state index in [4.69, 9.17) is 9.97 Å². The highest BCUT2D eigenvalue weighted by Gasteiger charge is 2.26. The fourth-order valence-electron chi connectivity index (χ4n) is 4.86. The van der Waals surface area contributed by atoms with E-state index in [1.165, 1.54) is 24.3 Å². The molecule has 2 aromatic heterocycles. The van der Waals surface area contributed by atoms with Crippen LogP contribution in [0, 0.1) is 11.6 Å². The van der Waals surface area contributed by atoms with Crippen molar-refractivity contribution in [2.75, 3.05) is 29.9 Å². The van der Waals surface area contributed by atoms with Gasteiger partial charge in [-0.2, -0.15) is 9.97 Å². The van der Waals surface area contributed by atoms with Crippen molar-refractivity contribution in [2.45, 2.75) is 31.5 Å². The molecule has 4 aromatic rings. The third-order valence-corrected chi connectivity index (χ3v) is 6.79. The van der Waals surface area contributed by atoms with Crippen LogP contribution in [0.15, 0.2) is 80.2 Å². The van der Waals surface area contributed by atoms with Crippen molar-refractivity contribution in [1.29, 1.82) is 0 Å². The number of nitrogens with one attached hydrogen (secondary N) is 2. The van der Waals surface area contributed by atoms with Crippen LogP contribution < -0.4 is 15.5 Å². The van der Waals surface area contributed by atoms with Crippen molar-refractivity contribution in [3.8, 4) is 0 Å². The Kier molecular flexibility index (Phi) is 7.74. The average Bonchev–Trinajstić information content (AvgIpc) is 3.35. The van der Waals surface area contributed by atoms with Gasteiger partial charge in [0.25, 0.3) is 0 Å². The van der Waals surface area contributed by atoms with Crippen LogP contribution in [0.3, 0.4) is 0 Å². The second-order valence-corrected chi connectivity index (χ2v) is 9.36.